The molecule has 9 rings (SSSR count). The van der Waals surface area contributed by atoms with Crippen molar-refractivity contribution in [3.8, 4) is 54.9 Å². The minimum absolute atomic E-state index is 0.0689. The van der Waals surface area contributed by atoms with Gasteiger partial charge >= 0.3 is 0 Å². The highest BCUT2D eigenvalue weighted by Gasteiger charge is 2.50. The molecule has 0 aliphatic carbocycles. The Morgan fingerprint density at radius 3 is 1.27 bits per heavy atom. The lowest BCUT2D eigenvalue weighted by atomic mass is 9.88. The van der Waals surface area contributed by atoms with Crippen molar-refractivity contribution in [2.75, 3.05) is 0 Å². The summed E-state index contributed by atoms with van der Waals surface area (Å²) in [5, 5.41) is 0.361. The molecule has 0 N–H and O–H groups in total. The van der Waals surface area contributed by atoms with Crippen molar-refractivity contribution >= 4 is 39.8 Å². The molecular formula is C49H40S3. The fraction of sp³-hybridized carbons (Fsp3) is 0.143. The maximum Gasteiger partial charge on any atom is 0.0689 e. The van der Waals surface area contributed by atoms with Gasteiger partial charge in [-0.25, -0.2) is 0 Å². The highest BCUT2D eigenvalue weighted by Crippen LogP contribution is 2.67. The minimum Gasteiger partial charge on any atom is -0.138 e. The normalized spacial score (nSPS) is 17.6. The molecule has 2 atom stereocenters. The summed E-state index contributed by atoms with van der Waals surface area (Å²) in [6.07, 6.45) is 2.58. The molecule has 0 saturated heterocycles. The molecule has 0 saturated carbocycles. The smallest absolute Gasteiger partial charge is 0.0689 e. The first kappa shape index (κ1) is 33.3. The Morgan fingerprint density at radius 2 is 0.846 bits per heavy atom. The summed E-state index contributed by atoms with van der Waals surface area (Å²) in [5.41, 5.74) is 18.4. The molecule has 7 aromatic rings. The third-order valence-corrected chi connectivity index (χ3v) is 15.6. The number of aryl methyl sites for hydroxylation is 4. The number of hydrogen-bond donors (Lipinski definition) is 0. The number of benzene rings is 6. The minimum atomic E-state index is -0.0689. The van der Waals surface area contributed by atoms with Crippen LogP contribution < -0.4 is 0 Å². The van der Waals surface area contributed by atoms with Crippen LogP contribution in [-0.4, -0.2) is 5.25 Å². The van der Waals surface area contributed by atoms with E-state index in [1.807, 2.05) is 11.3 Å². The quantitative estimate of drug-likeness (QED) is 0.167. The van der Waals surface area contributed by atoms with Crippen molar-refractivity contribution in [2.45, 2.75) is 49.5 Å². The number of thiophene rings is 1. The average Bonchev–Trinajstić information content (AvgIpc) is 3.79. The molecule has 6 aromatic carbocycles. The standard InChI is InChI=1S/C49H40S3/c1-30-16-6-10-20-34(30)38-24-14-25-39(35-21-11-7-17-31(35)2)46(38)42-28-44-48(51-42)49(5)45(50-44)29-43(52-49)47-40(36-22-12-8-18-32(36)3)26-15-27-41(47)37-23-13-9-19-33(37)4/h6-29,45H,1-5H3. The Balaban J connectivity index is 1.19. The first-order valence-corrected chi connectivity index (χ1v) is 20.6. The molecular weight excluding hydrogens is 685 g/mol. The van der Waals surface area contributed by atoms with E-state index in [1.165, 1.54) is 97.4 Å². The van der Waals surface area contributed by atoms with E-state index < -0.39 is 0 Å². The van der Waals surface area contributed by atoms with Crippen LogP contribution in [0, 0.1) is 27.7 Å². The molecule has 0 nitrogen and oxygen atoms in total. The van der Waals surface area contributed by atoms with Gasteiger partial charge in [0.25, 0.3) is 0 Å². The highest BCUT2D eigenvalue weighted by atomic mass is 32.2. The zero-order valence-electron chi connectivity index (χ0n) is 30.2. The van der Waals surface area contributed by atoms with Crippen molar-refractivity contribution < 1.29 is 0 Å². The van der Waals surface area contributed by atoms with Crippen LogP contribution in [0.5, 0.6) is 0 Å². The molecule has 254 valence electrons. The van der Waals surface area contributed by atoms with E-state index in [0.29, 0.717) is 5.25 Å². The van der Waals surface area contributed by atoms with Crippen LogP contribution in [-0.2, 0) is 4.75 Å². The lowest BCUT2D eigenvalue weighted by molar-refractivity contribution is 0.760. The molecule has 52 heavy (non-hydrogen) atoms. The average molecular weight is 725 g/mol. The van der Waals surface area contributed by atoms with Crippen LogP contribution in [0.1, 0.15) is 39.6 Å². The Hall–Kier alpha value is -4.54. The van der Waals surface area contributed by atoms with Gasteiger partial charge in [-0.1, -0.05) is 140 Å². The van der Waals surface area contributed by atoms with Gasteiger partial charge in [0, 0.05) is 35.9 Å². The molecule has 0 amide bonds. The van der Waals surface area contributed by atoms with Crippen molar-refractivity contribution in [2.24, 2.45) is 0 Å². The number of rotatable bonds is 6. The van der Waals surface area contributed by atoms with E-state index in [1.54, 1.807) is 0 Å². The van der Waals surface area contributed by atoms with E-state index in [2.05, 4.69) is 204 Å². The fourth-order valence-corrected chi connectivity index (χ4v) is 13.2. The molecule has 0 fully saturated rings. The summed E-state index contributed by atoms with van der Waals surface area (Å²) in [7, 11) is 0. The summed E-state index contributed by atoms with van der Waals surface area (Å²) in [6, 6.07) is 51.6. The van der Waals surface area contributed by atoms with Gasteiger partial charge in [0.1, 0.15) is 0 Å². The predicted octanol–water partition coefficient (Wildman–Crippen LogP) is 14.8. The molecule has 0 bridgehead atoms. The molecule has 1 aromatic heterocycles. The summed E-state index contributed by atoms with van der Waals surface area (Å²) >= 11 is 6.13. The van der Waals surface area contributed by atoms with Gasteiger partial charge in [-0.15, -0.1) is 34.9 Å². The molecule has 0 radical (unpaired) electrons. The van der Waals surface area contributed by atoms with Gasteiger partial charge in [0.05, 0.1) is 4.75 Å². The second kappa shape index (κ2) is 13.1. The van der Waals surface area contributed by atoms with E-state index >= 15 is 0 Å². The summed E-state index contributed by atoms with van der Waals surface area (Å²) in [4.78, 5) is 5.66. The van der Waals surface area contributed by atoms with Gasteiger partial charge in [-0.3, -0.25) is 0 Å². The van der Waals surface area contributed by atoms with Crippen LogP contribution in [0.4, 0.5) is 0 Å². The summed E-state index contributed by atoms with van der Waals surface area (Å²) in [5.74, 6) is 0. The fourth-order valence-electron chi connectivity index (χ4n) is 8.17. The first-order valence-electron chi connectivity index (χ1n) is 18.0. The van der Waals surface area contributed by atoms with Crippen molar-refractivity contribution in [1.82, 2.24) is 0 Å². The molecule has 0 spiro atoms. The molecule has 2 aliphatic rings. The Bertz CT molecular complexity index is 2420. The van der Waals surface area contributed by atoms with E-state index in [9.17, 15) is 0 Å². The van der Waals surface area contributed by atoms with Gasteiger partial charge < -0.3 is 0 Å². The third kappa shape index (κ3) is 5.45. The predicted molar refractivity (Wildman–Crippen MR) is 229 cm³/mol. The van der Waals surface area contributed by atoms with Crippen molar-refractivity contribution in [1.29, 1.82) is 0 Å². The molecule has 2 unspecified atom stereocenters. The van der Waals surface area contributed by atoms with Crippen LogP contribution in [0.15, 0.2) is 150 Å². The SMILES string of the molecule is Cc1ccccc1-c1cccc(-c2ccccc2C)c1C1=CC2Sc3cc(-c4c(-c5ccccc5C)cccc4-c4ccccc4C)sc3C2(C)S1. The Labute approximate surface area is 320 Å². The van der Waals surface area contributed by atoms with E-state index in [4.69, 9.17) is 0 Å². The van der Waals surface area contributed by atoms with Gasteiger partial charge in [0.2, 0.25) is 0 Å². The summed E-state index contributed by atoms with van der Waals surface area (Å²) < 4.78 is -0.0689. The topological polar surface area (TPSA) is 0 Å². The summed E-state index contributed by atoms with van der Waals surface area (Å²) in [6.45, 7) is 11.4. The Morgan fingerprint density at radius 1 is 0.462 bits per heavy atom. The van der Waals surface area contributed by atoms with E-state index in [0.717, 1.165) is 0 Å². The van der Waals surface area contributed by atoms with Crippen LogP contribution in [0.3, 0.4) is 0 Å². The van der Waals surface area contributed by atoms with Crippen LogP contribution in [0.2, 0.25) is 0 Å². The van der Waals surface area contributed by atoms with Crippen molar-refractivity contribution in [3.63, 3.8) is 0 Å². The third-order valence-electron chi connectivity index (χ3n) is 10.9. The van der Waals surface area contributed by atoms with Crippen LogP contribution >= 0.6 is 34.9 Å². The lowest BCUT2D eigenvalue weighted by Crippen LogP contribution is -2.20. The van der Waals surface area contributed by atoms with Crippen molar-refractivity contribution in [3.05, 3.63) is 178 Å². The Kier molecular flexibility index (Phi) is 8.42. The van der Waals surface area contributed by atoms with Gasteiger partial charge in [-0.05, 0) is 107 Å². The molecule has 2 aliphatic heterocycles. The zero-order valence-corrected chi connectivity index (χ0v) is 32.6. The lowest BCUT2D eigenvalue weighted by Gasteiger charge is -2.25. The second-order valence-electron chi connectivity index (χ2n) is 14.3. The van der Waals surface area contributed by atoms with E-state index in [-0.39, 0.29) is 4.75 Å². The maximum absolute atomic E-state index is 2.58. The number of hydrogen-bond acceptors (Lipinski definition) is 3. The van der Waals surface area contributed by atoms with Crippen LogP contribution in [0.25, 0.3) is 59.9 Å². The highest BCUT2D eigenvalue weighted by molar-refractivity contribution is 8.12. The monoisotopic (exact) mass is 724 g/mol. The number of fused-ring (bicyclic) bond motifs is 3. The van der Waals surface area contributed by atoms with Gasteiger partial charge in [0.15, 0.2) is 0 Å². The molecule has 3 heteroatoms. The zero-order chi connectivity index (χ0) is 35.6. The first-order chi connectivity index (χ1) is 25.3. The van der Waals surface area contributed by atoms with Gasteiger partial charge in [-0.2, -0.15) is 0 Å². The molecule has 3 heterocycles. The second-order valence-corrected chi connectivity index (χ2v) is 18.0. The largest absolute Gasteiger partial charge is 0.138 e. The maximum atomic E-state index is 2.58. The number of thioether (sulfide) groups is 2.